The molecule has 1 unspecified atom stereocenters. The lowest BCUT2D eigenvalue weighted by atomic mass is 10.0. The number of rotatable bonds is 4. The van der Waals surface area contributed by atoms with Crippen molar-refractivity contribution in [3.8, 4) is 0 Å². The van der Waals surface area contributed by atoms with Crippen LogP contribution in [0.4, 0.5) is 11.4 Å². The molecule has 5 rings (SSSR count). The van der Waals surface area contributed by atoms with E-state index in [1.165, 1.54) is 6.42 Å². The zero-order valence-corrected chi connectivity index (χ0v) is 19.1. The monoisotopic (exact) mass is 438 g/mol. The number of para-hydroxylation sites is 2. The van der Waals surface area contributed by atoms with Crippen LogP contribution in [0.15, 0.2) is 89.9 Å². The Morgan fingerprint density at radius 2 is 1.52 bits per heavy atom. The molecule has 0 bridgehead atoms. The minimum Gasteiger partial charge on any atom is -0.342 e. The molecule has 3 aromatic carbocycles. The maximum atomic E-state index is 13.2. The highest BCUT2D eigenvalue weighted by molar-refractivity contribution is 6.01. The van der Waals surface area contributed by atoms with Crippen molar-refractivity contribution in [2.24, 2.45) is 4.99 Å². The third kappa shape index (κ3) is 4.36. The molecular weight excluding hydrogens is 408 g/mol. The Bertz CT molecular complexity index is 1120. The van der Waals surface area contributed by atoms with Crippen molar-refractivity contribution in [1.29, 1.82) is 0 Å². The van der Waals surface area contributed by atoms with Gasteiger partial charge < -0.3 is 9.80 Å². The second-order valence-electron chi connectivity index (χ2n) is 8.73. The number of fused-ring (bicyclic) bond motifs is 1. The standard InChI is InChI=1S/C28H30N4O/c1-22(33)31(21-23-13-5-2-6-14-23)27-25-17-9-10-18-26(25)29-28(30-19-11-4-12-20-30)32(27)24-15-7-3-8-16-24/h2-3,5-10,13-18,27H,4,11-12,19-21H2,1H3. The van der Waals surface area contributed by atoms with Crippen LogP contribution in [0, 0.1) is 0 Å². The molecule has 1 amide bonds. The number of guanidine groups is 1. The molecule has 0 saturated carbocycles. The number of anilines is 1. The molecule has 5 nitrogen and oxygen atoms in total. The zero-order chi connectivity index (χ0) is 22.6. The predicted molar refractivity (Wildman–Crippen MR) is 133 cm³/mol. The van der Waals surface area contributed by atoms with Crippen molar-refractivity contribution < 1.29 is 4.79 Å². The highest BCUT2D eigenvalue weighted by atomic mass is 16.2. The highest BCUT2D eigenvalue weighted by Gasteiger charge is 2.38. The fraction of sp³-hybridized carbons (Fsp3) is 0.286. The molecule has 3 aromatic rings. The van der Waals surface area contributed by atoms with Crippen LogP contribution in [0.3, 0.4) is 0 Å². The Labute approximate surface area is 196 Å². The number of aliphatic imine (C=N–C) groups is 1. The smallest absolute Gasteiger partial charge is 0.221 e. The molecular formula is C28H30N4O. The summed E-state index contributed by atoms with van der Waals surface area (Å²) in [4.78, 5) is 24.9. The summed E-state index contributed by atoms with van der Waals surface area (Å²) in [5.41, 5.74) is 4.14. The van der Waals surface area contributed by atoms with E-state index in [9.17, 15) is 4.79 Å². The van der Waals surface area contributed by atoms with Crippen molar-refractivity contribution in [3.05, 3.63) is 96.1 Å². The molecule has 1 atom stereocenters. The fourth-order valence-corrected chi connectivity index (χ4v) is 4.84. The van der Waals surface area contributed by atoms with Crippen LogP contribution < -0.4 is 4.90 Å². The van der Waals surface area contributed by atoms with Crippen LogP contribution in [0.1, 0.15) is 43.5 Å². The Morgan fingerprint density at radius 3 is 2.21 bits per heavy atom. The maximum absolute atomic E-state index is 13.2. The van der Waals surface area contributed by atoms with Crippen molar-refractivity contribution in [3.63, 3.8) is 0 Å². The van der Waals surface area contributed by atoms with Gasteiger partial charge >= 0.3 is 0 Å². The number of amides is 1. The number of hydrogen-bond donors (Lipinski definition) is 0. The number of benzene rings is 3. The lowest BCUT2D eigenvalue weighted by molar-refractivity contribution is -0.131. The van der Waals surface area contributed by atoms with E-state index < -0.39 is 0 Å². The SMILES string of the molecule is CC(=O)N(Cc1ccccc1)C1c2ccccc2N=C(N2CCCCC2)N1c1ccccc1. The topological polar surface area (TPSA) is 39.2 Å². The van der Waals surface area contributed by atoms with Crippen molar-refractivity contribution >= 4 is 23.2 Å². The summed E-state index contributed by atoms with van der Waals surface area (Å²) in [6.07, 6.45) is 3.29. The number of likely N-dealkylation sites (tertiary alicyclic amines) is 1. The first-order chi connectivity index (χ1) is 16.2. The first kappa shape index (κ1) is 21.3. The molecule has 1 saturated heterocycles. The fourth-order valence-electron chi connectivity index (χ4n) is 4.84. The average molecular weight is 439 g/mol. The summed E-state index contributed by atoms with van der Waals surface area (Å²) in [7, 11) is 0. The number of nitrogens with zero attached hydrogens (tertiary/aromatic N) is 4. The molecule has 33 heavy (non-hydrogen) atoms. The number of piperidine rings is 1. The molecule has 0 aliphatic carbocycles. The summed E-state index contributed by atoms with van der Waals surface area (Å²) >= 11 is 0. The lowest BCUT2D eigenvalue weighted by Gasteiger charge is -2.47. The van der Waals surface area contributed by atoms with E-state index >= 15 is 0 Å². The summed E-state index contributed by atoms with van der Waals surface area (Å²) in [5, 5.41) is 0. The van der Waals surface area contributed by atoms with Gasteiger partial charge in [-0.15, -0.1) is 0 Å². The van der Waals surface area contributed by atoms with Gasteiger partial charge in [-0.3, -0.25) is 9.69 Å². The van der Waals surface area contributed by atoms with Gasteiger partial charge in [0.1, 0.15) is 6.17 Å². The molecule has 168 valence electrons. The lowest BCUT2D eigenvalue weighted by Crippen LogP contribution is -2.54. The van der Waals surface area contributed by atoms with E-state index in [1.807, 2.05) is 41.3 Å². The van der Waals surface area contributed by atoms with Crippen LogP contribution in [0.5, 0.6) is 0 Å². The molecule has 0 spiro atoms. The first-order valence-electron chi connectivity index (χ1n) is 11.8. The number of carbonyl (C=O) groups excluding carboxylic acids is 1. The number of hydrogen-bond acceptors (Lipinski definition) is 4. The predicted octanol–water partition coefficient (Wildman–Crippen LogP) is 5.73. The van der Waals surface area contributed by atoms with E-state index in [0.29, 0.717) is 6.54 Å². The van der Waals surface area contributed by atoms with E-state index in [2.05, 4.69) is 58.3 Å². The van der Waals surface area contributed by atoms with E-state index in [1.54, 1.807) is 6.92 Å². The second kappa shape index (κ2) is 9.49. The highest BCUT2D eigenvalue weighted by Crippen LogP contribution is 2.41. The van der Waals surface area contributed by atoms with E-state index in [-0.39, 0.29) is 12.1 Å². The van der Waals surface area contributed by atoms with Gasteiger partial charge in [-0.2, -0.15) is 0 Å². The summed E-state index contributed by atoms with van der Waals surface area (Å²) in [5.74, 6) is 0.975. The minimum absolute atomic E-state index is 0.0412. The summed E-state index contributed by atoms with van der Waals surface area (Å²) in [6.45, 7) is 4.17. The molecule has 2 aliphatic heterocycles. The minimum atomic E-state index is -0.282. The quantitative estimate of drug-likeness (QED) is 0.522. The molecule has 0 N–H and O–H groups in total. The molecule has 2 aliphatic rings. The van der Waals surface area contributed by atoms with Gasteiger partial charge in [-0.05, 0) is 43.0 Å². The van der Waals surface area contributed by atoms with Gasteiger partial charge in [0.2, 0.25) is 11.9 Å². The van der Waals surface area contributed by atoms with Crippen LogP contribution >= 0.6 is 0 Å². The van der Waals surface area contributed by atoms with Crippen LogP contribution in [0.25, 0.3) is 0 Å². The van der Waals surface area contributed by atoms with Gasteiger partial charge in [0.25, 0.3) is 0 Å². The summed E-state index contributed by atoms with van der Waals surface area (Å²) in [6, 6.07) is 28.8. The largest absolute Gasteiger partial charge is 0.342 e. The Balaban J connectivity index is 1.67. The molecule has 2 heterocycles. The Kier molecular flexibility index (Phi) is 6.11. The number of carbonyl (C=O) groups is 1. The Hall–Kier alpha value is -3.60. The molecule has 0 aromatic heterocycles. The normalized spacial score (nSPS) is 17.8. The second-order valence-corrected chi connectivity index (χ2v) is 8.73. The van der Waals surface area contributed by atoms with E-state index in [4.69, 9.17) is 4.99 Å². The first-order valence-corrected chi connectivity index (χ1v) is 11.8. The molecule has 5 heteroatoms. The van der Waals surface area contributed by atoms with Crippen molar-refractivity contribution in [2.45, 2.75) is 38.9 Å². The van der Waals surface area contributed by atoms with Crippen LogP contribution in [-0.4, -0.2) is 34.8 Å². The molecule has 1 fully saturated rings. The van der Waals surface area contributed by atoms with Gasteiger partial charge in [0, 0.05) is 37.8 Å². The Morgan fingerprint density at radius 1 is 0.879 bits per heavy atom. The van der Waals surface area contributed by atoms with Crippen LogP contribution in [-0.2, 0) is 11.3 Å². The van der Waals surface area contributed by atoms with Gasteiger partial charge in [0.15, 0.2) is 0 Å². The van der Waals surface area contributed by atoms with Crippen molar-refractivity contribution in [2.75, 3.05) is 18.0 Å². The van der Waals surface area contributed by atoms with Crippen molar-refractivity contribution in [1.82, 2.24) is 9.80 Å². The van der Waals surface area contributed by atoms with Gasteiger partial charge in [0.05, 0.1) is 5.69 Å². The van der Waals surface area contributed by atoms with E-state index in [0.717, 1.165) is 54.4 Å². The van der Waals surface area contributed by atoms with Gasteiger partial charge in [-0.1, -0.05) is 66.7 Å². The molecule has 0 radical (unpaired) electrons. The third-order valence-electron chi connectivity index (χ3n) is 6.46. The summed E-state index contributed by atoms with van der Waals surface area (Å²) < 4.78 is 0. The van der Waals surface area contributed by atoms with Crippen LogP contribution in [0.2, 0.25) is 0 Å². The van der Waals surface area contributed by atoms with Gasteiger partial charge in [-0.25, -0.2) is 4.99 Å². The average Bonchev–Trinajstić information content (AvgIpc) is 2.88. The third-order valence-corrected chi connectivity index (χ3v) is 6.46. The maximum Gasteiger partial charge on any atom is 0.221 e. The zero-order valence-electron chi connectivity index (χ0n) is 19.1.